The first-order valence-corrected chi connectivity index (χ1v) is 9.26. The monoisotopic (exact) mass is 386 g/mol. The second-order valence-corrected chi connectivity index (χ2v) is 6.60. The van der Waals surface area contributed by atoms with Crippen molar-refractivity contribution in [1.82, 2.24) is 9.88 Å². The predicted octanol–water partition coefficient (Wildman–Crippen LogP) is 4.44. The maximum Gasteiger partial charge on any atom is 0.268 e. The van der Waals surface area contributed by atoms with E-state index in [1.165, 1.54) is 0 Å². The minimum atomic E-state index is -0.111. The third kappa shape index (κ3) is 4.03. The minimum absolute atomic E-state index is 0.111. The number of nitrogens with zero attached hydrogens (tertiary/aromatic N) is 1. The highest BCUT2D eigenvalue weighted by atomic mass is 35.5. The van der Waals surface area contributed by atoms with Crippen molar-refractivity contribution >= 4 is 28.4 Å². The molecule has 0 saturated carbocycles. The lowest BCUT2D eigenvalue weighted by atomic mass is 10.1. The summed E-state index contributed by atoms with van der Waals surface area (Å²) in [6.45, 7) is 5.48. The number of carbonyl (C=O) groups excluding carboxylic acids is 1. The number of halogens is 1. The quantitative estimate of drug-likeness (QED) is 0.611. The van der Waals surface area contributed by atoms with Crippen molar-refractivity contribution in [3.8, 4) is 11.5 Å². The summed E-state index contributed by atoms with van der Waals surface area (Å²) in [4.78, 5) is 12.8. The Labute approximate surface area is 163 Å². The normalized spacial score (nSPS) is 10.8. The van der Waals surface area contributed by atoms with E-state index in [0.717, 1.165) is 28.0 Å². The summed E-state index contributed by atoms with van der Waals surface area (Å²) in [6.07, 6.45) is 0. The molecule has 27 heavy (non-hydrogen) atoms. The van der Waals surface area contributed by atoms with Crippen LogP contribution in [0.5, 0.6) is 11.5 Å². The molecule has 5 nitrogen and oxygen atoms in total. The van der Waals surface area contributed by atoms with Gasteiger partial charge in [0.25, 0.3) is 5.91 Å². The van der Waals surface area contributed by atoms with E-state index in [0.29, 0.717) is 30.4 Å². The fourth-order valence-corrected chi connectivity index (χ4v) is 3.38. The molecular formula is C21H23ClN2O3. The van der Waals surface area contributed by atoms with E-state index in [1.807, 2.05) is 60.9 Å². The summed E-state index contributed by atoms with van der Waals surface area (Å²) in [5.41, 5.74) is 2.61. The Balaban J connectivity index is 1.66. The predicted molar refractivity (Wildman–Crippen MR) is 108 cm³/mol. The molecule has 0 aliphatic carbocycles. The Morgan fingerprint density at radius 1 is 1.15 bits per heavy atom. The van der Waals surface area contributed by atoms with Crippen LogP contribution in [0.4, 0.5) is 0 Å². The largest absolute Gasteiger partial charge is 0.497 e. The molecule has 0 aliphatic rings. The number of benzene rings is 2. The molecule has 0 unspecified atom stereocenters. The molecule has 0 atom stereocenters. The third-order valence-electron chi connectivity index (χ3n) is 4.53. The van der Waals surface area contributed by atoms with E-state index in [2.05, 4.69) is 5.32 Å². The number of amides is 1. The van der Waals surface area contributed by atoms with Crippen LogP contribution in [-0.4, -0.2) is 30.7 Å². The Morgan fingerprint density at radius 2 is 1.85 bits per heavy atom. The lowest BCUT2D eigenvalue weighted by Gasteiger charge is -2.11. The molecule has 1 N–H and O–H groups in total. The van der Waals surface area contributed by atoms with Gasteiger partial charge in [-0.3, -0.25) is 4.79 Å². The average Bonchev–Trinajstić information content (AvgIpc) is 2.97. The first-order valence-electron chi connectivity index (χ1n) is 8.88. The van der Waals surface area contributed by atoms with Crippen LogP contribution in [0.2, 0.25) is 5.02 Å². The van der Waals surface area contributed by atoms with Gasteiger partial charge in [-0.2, -0.15) is 0 Å². The zero-order valence-electron chi connectivity index (χ0n) is 15.7. The van der Waals surface area contributed by atoms with Gasteiger partial charge in [-0.1, -0.05) is 11.6 Å². The molecule has 3 rings (SSSR count). The van der Waals surface area contributed by atoms with Gasteiger partial charge in [-0.15, -0.1) is 0 Å². The molecule has 142 valence electrons. The molecule has 0 saturated heterocycles. The van der Waals surface area contributed by atoms with Crippen molar-refractivity contribution in [2.24, 2.45) is 0 Å². The SMILES string of the molecule is CCn1c(C(=O)NCCOc2ccc(OC)cc2)c(C)c2cc(Cl)ccc21. The lowest BCUT2D eigenvalue weighted by molar-refractivity contribution is 0.0937. The molecule has 1 amide bonds. The maximum atomic E-state index is 12.8. The molecule has 2 aromatic carbocycles. The van der Waals surface area contributed by atoms with Gasteiger partial charge in [-0.05, 0) is 61.9 Å². The second-order valence-electron chi connectivity index (χ2n) is 6.16. The molecule has 1 heterocycles. The number of ether oxygens (including phenoxy) is 2. The number of rotatable bonds is 7. The van der Waals surface area contributed by atoms with Crippen LogP contribution in [0.25, 0.3) is 10.9 Å². The van der Waals surface area contributed by atoms with Crippen LogP contribution < -0.4 is 14.8 Å². The van der Waals surface area contributed by atoms with E-state index in [1.54, 1.807) is 7.11 Å². The Hall–Kier alpha value is -2.66. The molecule has 0 bridgehead atoms. The van der Waals surface area contributed by atoms with Crippen LogP contribution in [0.3, 0.4) is 0 Å². The Bertz CT molecular complexity index is 948. The summed E-state index contributed by atoms with van der Waals surface area (Å²) >= 11 is 6.12. The fourth-order valence-electron chi connectivity index (χ4n) is 3.20. The van der Waals surface area contributed by atoms with Gasteiger partial charge in [0.1, 0.15) is 23.8 Å². The molecule has 0 fully saturated rings. The van der Waals surface area contributed by atoms with Gasteiger partial charge >= 0.3 is 0 Å². The van der Waals surface area contributed by atoms with E-state index in [9.17, 15) is 4.79 Å². The molecule has 0 spiro atoms. The van der Waals surface area contributed by atoms with Gasteiger partial charge in [-0.25, -0.2) is 0 Å². The van der Waals surface area contributed by atoms with E-state index >= 15 is 0 Å². The molecule has 3 aromatic rings. The summed E-state index contributed by atoms with van der Waals surface area (Å²) in [5.74, 6) is 1.40. The van der Waals surface area contributed by atoms with Gasteiger partial charge in [0.2, 0.25) is 0 Å². The number of aromatic nitrogens is 1. The first-order chi connectivity index (χ1) is 13.0. The Morgan fingerprint density at radius 3 is 2.52 bits per heavy atom. The van der Waals surface area contributed by atoms with Crippen LogP contribution in [0.1, 0.15) is 23.0 Å². The van der Waals surface area contributed by atoms with Crippen molar-refractivity contribution in [2.75, 3.05) is 20.3 Å². The summed E-state index contributed by atoms with van der Waals surface area (Å²) in [7, 11) is 1.62. The zero-order valence-corrected chi connectivity index (χ0v) is 16.5. The average molecular weight is 387 g/mol. The number of aryl methyl sites for hydroxylation is 2. The number of fused-ring (bicyclic) bond motifs is 1. The van der Waals surface area contributed by atoms with Crippen molar-refractivity contribution in [3.63, 3.8) is 0 Å². The van der Waals surface area contributed by atoms with Crippen LogP contribution in [-0.2, 0) is 6.54 Å². The summed E-state index contributed by atoms with van der Waals surface area (Å²) in [5, 5.41) is 4.61. The number of methoxy groups -OCH3 is 1. The number of hydrogen-bond acceptors (Lipinski definition) is 3. The number of hydrogen-bond donors (Lipinski definition) is 1. The summed E-state index contributed by atoms with van der Waals surface area (Å²) in [6, 6.07) is 13.1. The van der Waals surface area contributed by atoms with E-state index < -0.39 is 0 Å². The second kappa shape index (κ2) is 8.35. The molecule has 1 aromatic heterocycles. The topological polar surface area (TPSA) is 52.5 Å². The van der Waals surface area contributed by atoms with Gasteiger partial charge in [0.05, 0.1) is 13.7 Å². The van der Waals surface area contributed by atoms with Crippen molar-refractivity contribution in [1.29, 1.82) is 0 Å². The Kier molecular flexibility index (Phi) is 5.91. The highest BCUT2D eigenvalue weighted by molar-refractivity contribution is 6.31. The molecule has 0 aliphatic heterocycles. The van der Waals surface area contributed by atoms with E-state index in [-0.39, 0.29) is 5.91 Å². The first kappa shape index (κ1) is 19.1. The van der Waals surface area contributed by atoms with Crippen LogP contribution >= 0.6 is 11.6 Å². The third-order valence-corrected chi connectivity index (χ3v) is 4.76. The molecule has 0 radical (unpaired) electrons. The number of carbonyl (C=O) groups is 1. The highest BCUT2D eigenvalue weighted by Gasteiger charge is 2.19. The van der Waals surface area contributed by atoms with Gasteiger partial charge < -0.3 is 19.4 Å². The summed E-state index contributed by atoms with van der Waals surface area (Å²) < 4.78 is 12.8. The van der Waals surface area contributed by atoms with Gasteiger partial charge in [0, 0.05) is 22.5 Å². The van der Waals surface area contributed by atoms with Crippen molar-refractivity contribution < 1.29 is 14.3 Å². The molecular weight excluding hydrogens is 364 g/mol. The van der Waals surface area contributed by atoms with Crippen LogP contribution in [0, 0.1) is 6.92 Å². The lowest BCUT2D eigenvalue weighted by Crippen LogP contribution is -2.30. The smallest absolute Gasteiger partial charge is 0.268 e. The fraction of sp³-hybridized carbons (Fsp3) is 0.286. The standard InChI is InChI=1S/C21H23ClN2O3/c1-4-24-19-10-5-15(22)13-18(19)14(2)20(24)21(25)23-11-12-27-17-8-6-16(26-3)7-9-17/h5-10,13H,4,11-12H2,1-3H3,(H,23,25). The minimum Gasteiger partial charge on any atom is -0.497 e. The van der Waals surface area contributed by atoms with E-state index in [4.69, 9.17) is 21.1 Å². The van der Waals surface area contributed by atoms with Crippen molar-refractivity contribution in [2.45, 2.75) is 20.4 Å². The number of nitrogens with one attached hydrogen (secondary N) is 1. The van der Waals surface area contributed by atoms with Crippen LogP contribution in [0.15, 0.2) is 42.5 Å². The maximum absolute atomic E-state index is 12.8. The van der Waals surface area contributed by atoms with Crippen molar-refractivity contribution in [3.05, 3.63) is 58.7 Å². The zero-order chi connectivity index (χ0) is 19.4. The van der Waals surface area contributed by atoms with Gasteiger partial charge in [0.15, 0.2) is 0 Å². The molecule has 6 heteroatoms. The highest BCUT2D eigenvalue weighted by Crippen LogP contribution is 2.28.